The second kappa shape index (κ2) is 5.64. The van der Waals surface area contributed by atoms with E-state index in [9.17, 15) is 14.3 Å². The highest BCUT2D eigenvalue weighted by molar-refractivity contribution is 5.75. The summed E-state index contributed by atoms with van der Waals surface area (Å²) >= 11 is 0. The van der Waals surface area contributed by atoms with Crippen LogP contribution in [0.2, 0.25) is 0 Å². The first kappa shape index (κ1) is 14.3. The Hall–Kier alpha value is -1.62. The molecule has 1 aliphatic carbocycles. The van der Waals surface area contributed by atoms with E-state index in [4.69, 9.17) is 0 Å². The number of urea groups is 1. The predicted molar refractivity (Wildman–Crippen MR) is 77.5 cm³/mol. The number of carbonyl (C=O) groups excluding carboxylic acids is 1. The fraction of sp³-hybridized carbons (Fsp3) is 0.562. The van der Waals surface area contributed by atoms with E-state index in [0.29, 0.717) is 18.7 Å². The van der Waals surface area contributed by atoms with Crippen LogP contribution < -0.4 is 5.32 Å². The number of aliphatic hydroxyl groups excluding tert-OH is 1. The van der Waals surface area contributed by atoms with Crippen LogP contribution in [0.3, 0.4) is 0 Å². The van der Waals surface area contributed by atoms with Gasteiger partial charge in [-0.2, -0.15) is 0 Å². The quantitative estimate of drug-likeness (QED) is 0.892. The summed E-state index contributed by atoms with van der Waals surface area (Å²) in [7, 11) is 0. The summed E-state index contributed by atoms with van der Waals surface area (Å²) < 4.78 is 13.9. The number of benzene rings is 1. The Bertz CT molecular complexity index is 531. The molecule has 1 saturated heterocycles. The Kier molecular flexibility index (Phi) is 3.85. The number of nitrogens with one attached hydrogen (secondary N) is 1. The van der Waals surface area contributed by atoms with Crippen LogP contribution in [0.5, 0.6) is 0 Å². The van der Waals surface area contributed by atoms with E-state index in [-0.39, 0.29) is 29.9 Å². The average Bonchev–Trinajstić information content (AvgIpc) is 3.12. The molecule has 0 spiro atoms. The number of nitrogens with zero attached hydrogens (tertiary/aromatic N) is 1. The van der Waals surface area contributed by atoms with Crippen LogP contribution >= 0.6 is 0 Å². The van der Waals surface area contributed by atoms with Crippen molar-refractivity contribution in [2.45, 2.75) is 37.1 Å². The fourth-order valence-electron chi connectivity index (χ4n) is 3.22. The van der Waals surface area contributed by atoms with Gasteiger partial charge >= 0.3 is 6.03 Å². The first-order valence-electron chi connectivity index (χ1n) is 7.57. The van der Waals surface area contributed by atoms with Gasteiger partial charge in [0.25, 0.3) is 0 Å². The lowest BCUT2D eigenvalue weighted by molar-refractivity contribution is 0.156. The SMILES string of the molecule is O=C(NCC1(c2ccccc2F)CC1)N1CCCC1CO. The Balaban J connectivity index is 1.63. The summed E-state index contributed by atoms with van der Waals surface area (Å²) in [5.41, 5.74) is 0.459. The number of hydrogen-bond acceptors (Lipinski definition) is 2. The summed E-state index contributed by atoms with van der Waals surface area (Å²) in [6.45, 7) is 1.15. The Morgan fingerprint density at radius 1 is 1.43 bits per heavy atom. The lowest BCUT2D eigenvalue weighted by atomic mass is 9.95. The summed E-state index contributed by atoms with van der Waals surface area (Å²) in [5, 5.41) is 12.2. The lowest BCUT2D eigenvalue weighted by Gasteiger charge is -2.25. The van der Waals surface area contributed by atoms with Crippen molar-refractivity contribution in [3.05, 3.63) is 35.6 Å². The normalized spacial score (nSPS) is 23.1. The van der Waals surface area contributed by atoms with Gasteiger partial charge in [-0.1, -0.05) is 18.2 Å². The smallest absolute Gasteiger partial charge is 0.317 e. The maximum atomic E-state index is 13.9. The van der Waals surface area contributed by atoms with Crippen molar-refractivity contribution >= 4 is 6.03 Å². The van der Waals surface area contributed by atoms with E-state index in [1.807, 2.05) is 6.07 Å². The molecular formula is C16H21FN2O2. The van der Waals surface area contributed by atoms with Crippen molar-refractivity contribution < 1.29 is 14.3 Å². The Morgan fingerprint density at radius 2 is 2.19 bits per heavy atom. The number of carbonyl (C=O) groups is 1. The fourth-order valence-corrected chi connectivity index (χ4v) is 3.22. The molecule has 4 nitrogen and oxygen atoms in total. The third kappa shape index (κ3) is 2.75. The lowest BCUT2D eigenvalue weighted by Crippen LogP contribution is -2.46. The molecule has 1 unspecified atom stereocenters. The van der Waals surface area contributed by atoms with E-state index in [2.05, 4.69) is 5.32 Å². The van der Waals surface area contributed by atoms with Gasteiger partial charge in [-0.3, -0.25) is 0 Å². The maximum absolute atomic E-state index is 13.9. The van der Waals surface area contributed by atoms with Crippen LogP contribution in [0, 0.1) is 5.82 Å². The zero-order valence-corrected chi connectivity index (χ0v) is 12.0. The zero-order valence-electron chi connectivity index (χ0n) is 12.0. The van der Waals surface area contributed by atoms with Crippen LogP contribution in [-0.4, -0.2) is 41.8 Å². The molecule has 5 heteroatoms. The van der Waals surface area contributed by atoms with Gasteiger partial charge in [-0.25, -0.2) is 9.18 Å². The Labute approximate surface area is 124 Å². The third-order valence-corrected chi connectivity index (χ3v) is 4.73. The molecule has 2 aliphatic rings. The van der Waals surface area contributed by atoms with E-state index >= 15 is 0 Å². The van der Waals surface area contributed by atoms with Gasteiger partial charge in [0.1, 0.15) is 5.82 Å². The molecule has 114 valence electrons. The minimum Gasteiger partial charge on any atom is -0.394 e. The van der Waals surface area contributed by atoms with Crippen molar-refractivity contribution in [3.8, 4) is 0 Å². The number of amides is 2. The van der Waals surface area contributed by atoms with Crippen molar-refractivity contribution in [2.75, 3.05) is 19.7 Å². The second-order valence-electron chi connectivity index (χ2n) is 6.09. The molecule has 0 bridgehead atoms. The van der Waals surface area contributed by atoms with Crippen LogP contribution in [0.1, 0.15) is 31.2 Å². The van der Waals surface area contributed by atoms with E-state index < -0.39 is 0 Å². The van der Waals surface area contributed by atoms with Crippen molar-refractivity contribution in [2.24, 2.45) is 0 Å². The van der Waals surface area contributed by atoms with Crippen LogP contribution in [0.15, 0.2) is 24.3 Å². The predicted octanol–water partition coefficient (Wildman–Crippen LogP) is 2.02. The molecule has 1 aromatic rings. The topological polar surface area (TPSA) is 52.6 Å². The van der Waals surface area contributed by atoms with Crippen molar-refractivity contribution in [3.63, 3.8) is 0 Å². The molecule has 1 heterocycles. The number of likely N-dealkylation sites (tertiary alicyclic amines) is 1. The molecule has 1 aromatic carbocycles. The summed E-state index contributed by atoms with van der Waals surface area (Å²) in [5.74, 6) is -0.196. The van der Waals surface area contributed by atoms with Gasteiger partial charge in [0, 0.05) is 18.5 Å². The molecule has 1 atom stereocenters. The highest BCUT2D eigenvalue weighted by Crippen LogP contribution is 2.48. The summed E-state index contributed by atoms with van der Waals surface area (Å²) in [4.78, 5) is 13.9. The Morgan fingerprint density at radius 3 is 2.86 bits per heavy atom. The molecule has 0 aromatic heterocycles. The highest BCUT2D eigenvalue weighted by atomic mass is 19.1. The van der Waals surface area contributed by atoms with Gasteiger partial charge in [0.2, 0.25) is 0 Å². The average molecular weight is 292 g/mol. The molecule has 0 radical (unpaired) electrons. The van der Waals surface area contributed by atoms with E-state index in [1.165, 1.54) is 6.07 Å². The van der Waals surface area contributed by atoms with Crippen LogP contribution in [-0.2, 0) is 5.41 Å². The zero-order chi connectivity index (χ0) is 14.9. The first-order chi connectivity index (χ1) is 10.2. The number of hydrogen-bond donors (Lipinski definition) is 2. The van der Waals surface area contributed by atoms with Gasteiger partial charge in [-0.05, 0) is 37.3 Å². The maximum Gasteiger partial charge on any atom is 0.317 e. The molecule has 2 amide bonds. The van der Waals surface area contributed by atoms with Crippen LogP contribution in [0.4, 0.5) is 9.18 Å². The molecule has 3 rings (SSSR count). The second-order valence-corrected chi connectivity index (χ2v) is 6.09. The van der Waals surface area contributed by atoms with E-state index in [0.717, 1.165) is 25.7 Å². The van der Waals surface area contributed by atoms with Crippen LogP contribution in [0.25, 0.3) is 0 Å². The molecule has 2 fully saturated rings. The minimum absolute atomic E-state index is 0.00583. The standard InChI is InChI=1S/C16H21FN2O2/c17-14-6-2-1-5-13(14)16(7-8-16)11-18-15(21)19-9-3-4-12(19)10-20/h1-2,5-6,12,20H,3-4,7-11H2,(H,18,21). The molecule has 2 N–H and O–H groups in total. The minimum atomic E-state index is -0.241. The molecular weight excluding hydrogens is 271 g/mol. The van der Waals surface area contributed by atoms with Crippen molar-refractivity contribution in [1.82, 2.24) is 10.2 Å². The largest absolute Gasteiger partial charge is 0.394 e. The monoisotopic (exact) mass is 292 g/mol. The van der Waals surface area contributed by atoms with Gasteiger partial charge < -0.3 is 15.3 Å². The number of rotatable bonds is 4. The summed E-state index contributed by atoms with van der Waals surface area (Å²) in [6, 6.07) is 6.58. The third-order valence-electron chi connectivity index (χ3n) is 4.73. The number of halogens is 1. The van der Waals surface area contributed by atoms with Gasteiger partial charge in [0.15, 0.2) is 0 Å². The molecule has 1 aliphatic heterocycles. The van der Waals surface area contributed by atoms with Gasteiger partial charge in [0.05, 0.1) is 12.6 Å². The number of aliphatic hydroxyl groups is 1. The molecule has 1 saturated carbocycles. The van der Waals surface area contributed by atoms with E-state index in [1.54, 1.807) is 17.0 Å². The highest BCUT2D eigenvalue weighted by Gasteiger charge is 2.46. The van der Waals surface area contributed by atoms with Crippen molar-refractivity contribution in [1.29, 1.82) is 0 Å². The molecule has 21 heavy (non-hydrogen) atoms. The van der Waals surface area contributed by atoms with Gasteiger partial charge in [-0.15, -0.1) is 0 Å². The summed E-state index contributed by atoms with van der Waals surface area (Å²) in [6.07, 6.45) is 3.58. The first-order valence-corrected chi connectivity index (χ1v) is 7.57.